The van der Waals surface area contributed by atoms with Crippen molar-refractivity contribution in [3.63, 3.8) is 0 Å². The number of benzene rings is 1. The average Bonchev–Trinajstić information content (AvgIpc) is 2.58. The third-order valence-corrected chi connectivity index (χ3v) is 6.41. The van der Waals surface area contributed by atoms with Crippen LogP contribution in [0.3, 0.4) is 0 Å². The average molecular weight is 382 g/mol. The van der Waals surface area contributed by atoms with Gasteiger partial charge in [-0.05, 0) is 31.7 Å². The van der Waals surface area contributed by atoms with Gasteiger partial charge in [0.15, 0.2) is 0 Å². The van der Waals surface area contributed by atoms with Crippen molar-refractivity contribution < 1.29 is 23.4 Å². The first-order chi connectivity index (χ1) is 12.3. The summed E-state index contributed by atoms with van der Waals surface area (Å²) >= 11 is 0. The number of carbonyl (C=O) groups is 2. The Morgan fingerprint density at radius 3 is 2.31 bits per heavy atom. The van der Waals surface area contributed by atoms with Gasteiger partial charge >= 0.3 is 5.97 Å². The van der Waals surface area contributed by atoms with Crippen LogP contribution in [0, 0.1) is 5.92 Å². The van der Waals surface area contributed by atoms with Crippen LogP contribution in [0.5, 0.6) is 0 Å². The lowest BCUT2D eigenvalue weighted by Crippen LogP contribution is -2.27. The summed E-state index contributed by atoms with van der Waals surface area (Å²) in [7, 11) is -3.20. The van der Waals surface area contributed by atoms with Crippen LogP contribution in [0.2, 0.25) is 0 Å². The highest BCUT2D eigenvalue weighted by atomic mass is 31.2. The van der Waals surface area contributed by atoms with Crippen LogP contribution < -0.4 is 0 Å². The van der Waals surface area contributed by atoms with Gasteiger partial charge in [-0.15, -0.1) is 0 Å². The van der Waals surface area contributed by atoms with E-state index < -0.39 is 19.6 Å². The molecule has 0 amide bonds. The van der Waals surface area contributed by atoms with Crippen molar-refractivity contribution in [3.8, 4) is 0 Å². The summed E-state index contributed by atoms with van der Waals surface area (Å²) in [4.78, 5) is 23.2. The van der Waals surface area contributed by atoms with Crippen molar-refractivity contribution in [2.75, 3.05) is 12.3 Å². The lowest BCUT2D eigenvalue weighted by molar-refractivity contribution is -0.169. The molecule has 1 aromatic carbocycles. The van der Waals surface area contributed by atoms with E-state index in [1.807, 2.05) is 32.0 Å². The Bertz CT molecular complexity index is 612. The van der Waals surface area contributed by atoms with Crippen molar-refractivity contribution in [1.29, 1.82) is 0 Å². The summed E-state index contributed by atoms with van der Waals surface area (Å²) in [5.41, 5.74) is 1.23. The molecule has 1 rings (SSSR count). The van der Waals surface area contributed by atoms with Gasteiger partial charge < -0.3 is 4.74 Å². The van der Waals surface area contributed by atoms with Gasteiger partial charge in [0.25, 0.3) is 0 Å². The monoisotopic (exact) mass is 382 g/mol. The molecule has 146 valence electrons. The van der Waals surface area contributed by atoms with Crippen molar-refractivity contribution >= 4 is 19.1 Å². The van der Waals surface area contributed by atoms with Gasteiger partial charge in [-0.1, -0.05) is 51.1 Å². The number of hydrogen-bond donors (Lipinski definition) is 0. The van der Waals surface area contributed by atoms with Gasteiger partial charge in [0.2, 0.25) is 13.7 Å². The van der Waals surface area contributed by atoms with Crippen molar-refractivity contribution in [2.24, 2.45) is 5.92 Å². The molecule has 26 heavy (non-hydrogen) atoms. The maximum absolute atomic E-state index is 13.2. The molecule has 5 nitrogen and oxygen atoms in total. The number of esters is 1. The van der Waals surface area contributed by atoms with Crippen LogP contribution in [-0.4, -0.2) is 30.4 Å². The predicted molar refractivity (Wildman–Crippen MR) is 103 cm³/mol. The zero-order valence-corrected chi connectivity index (χ0v) is 17.2. The maximum Gasteiger partial charge on any atom is 0.307 e. The number of aryl methyl sites for hydroxylation is 1. The molecule has 0 aliphatic carbocycles. The van der Waals surface area contributed by atoms with E-state index in [9.17, 15) is 14.2 Å². The second kappa shape index (κ2) is 11.3. The van der Waals surface area contributed by atoms with E-state index in [1.165, 1.54) is 12.5 Å². The first kappa shape index (κ1) is 22.6. The number of hydrogen-bond acceptors (Lipinski definition) is 5. The third kappa shape index (κ3) is 8.77. The molecule has 0 N–H and O–H groups in total. The number of carbonyl (C=O) groups excluding carboxylic acids is 2. The van der Waals surface area contributed by atoms with Crippen molar-refractivity contribution in [3.05, 3.63) is 35.9 Å². The first-order valence-electron chi connectivity index (χ1n) is 9.25. The van der Waals surface area contributed by atoms with E-state index in [4.69, 9.17) is 9.26 Å². The Morgan fingerprint density at radius 1 is 1.12 bits per heavy atom. The molecule has 0 aliphatic rings. The van der Waals surface area contributed by atoms with Crippen LogP contribution >= 0.6 is 7.37 Å². The maximum atomic E-state index is 13.2. The number of ketones is 1. The smallest absolute Gasteiger partial charge is 0.307 e. The number of ether oxygens (including phenoxy) is 1. The van der Waals surface area contributed by atoms with Gasteiger partial charge in [-0.25, -0.2) is 0 Å². The molecule has 2 atom stereocenters. The molecular formula is C20H31O5P. The Labute approximate surface area is 156 Å². The van der Waals surface area contributed by atoms with Crippen LogP contribution in [0.1, 0.15) is 52.5 Å². The number of rotatable bonds is 12. The fourth-order valence-electron chi connectivity index (χ4n) is 2.52. The van der Waals surface area contributed by atoms with Gasteiger partial charge in [-0.3, -0.25) is 18.7 Å². The second-order valence-electron chi connectivity index (χ2n) is 6.90. The first-order valence-corrected chi connectivity index (χ1v) is 11.2. The quantitative estimate of drug-likeness (QED) is 0.224. The summed E-state index contributed by atoms with van der Waals surface area (Å²) in [5.74, 6) is -0.724. The van der Waals surface area contributed by atoms with Gasteiger partial charge in [0, 0.05) is 18.5 Å². The summed E-state index contributed by atoms with van der Waals surface area (Å²) in [6.45, 7) is 6.77. The Morgan fingerprint density at radius 2 is 1.77 bits per heavy atom. The van der Waals surface area contributed by atoms with Crippen LogP contribution in [-0.2, 0) is 29.8 Å². The van der Waals surface area contributed by atoms with Crippen molar-refractivity contribution in [1.82, 2.24) is 0 Å². The minimum absolute atomic E-state index is 0.120. The summed E-state index contributed by atoms with van der Waals surface area (Å²) in [5, 5.41) is 0. The molecule has 0 radical (unpaired) electrons. The van der Waals surface area contributed by atoms with E-state index in [-0.39, 0.29) is 24.3 Å². The molecule has 2 unspecified atom stereocenters. The molecule has 0 aliphatic heterocycles. The second-order valence-corrected chi connectivity index (χ2v) is 9.51. The lowest BCUT2D eigenvalue weighted by atomic mass is 10.1. The highest BCUT2D eigenvalue weighted by Gasteiger charge is 2.32. The summed E-state index contributed by atoms with van der Waals surface area (Å²) in [6.07, 6.45) is 1.96. The molecule has 0 saturated heterocycles. The zero-order valence-electron chi connectivity index (χ0n) is 16.3. The fourth-order valence-corrected chi connectivity index (χ4v) is 4.90. The van der Waals surface area contributed by atoms with Gasteiger partial charge in [-0.2, -0.15) is 0 Å². The fraction of sp³-hybridized carbons (Fsp3) is 0.600. The highest BCUT2D eigenvalue weighted by Crippen LogP contribution is 2.50. The molecule has 1 aromatic rings. The summed E-state index contributed by atoms with van der Waals surface area (Å²) < 4.78 is 24.2. The third-order valence-electron chi connectivity index (χ3n) is 3.90. The van der Waals surface area contributed by atoms with E-state index in [0.717, 1.165) is 12.8 Å². The van der Waals surface area contributed by atoms with Crippen LogP contribution in [0.15, 0.2) is 30.3 Å². The minimum atomic E-state index is -3.20. The van der Waals surface area contributed by atoms with E-state index in [1.54, 1.807) is 6.92 Å². The van der Waals surface area contributed by atoms with Crippen LogP contribution in [0.25, 0.3) is 0 Å². The van der Waals surface area contributed by atoms with Gasteiger partial charge in [0.1, 0.15) is 5.78 Å². The Kier molecular flexibility index (Phi) is 9.82. The van der Waals surface area contributed by atoms with Gasteiger partial charge in [0.05, 0.1) is 6.16 Å². The Hall–Kier alpha value is -1.45. The molecule has 0 heterocycles. The zero-order chi connectivity index (χ0) is 19.6. The minimum Gasteiger partial charge on any atom is -0.435 e. The molecule has 6 heteroatoms. The van der Waals surface area contributed by atoms with Crippen LogP contribution in [0.4, 0.5) is 0 Å². The largest absolute Gasteiger partial charge is 0.435 e. The van der Waals surface area contributed by atoms with E-state index >= 15 is 0 Å². The lowest BCUT2D eigenvalue weighted by Gasteiger charge is -2.27. The molecule has 0 saturated carbocycles. The van der Waals surface area contributed by atoms with E-state index in [2.05, 4.69) is 12.1 Å². The van der Waals surface area contributed by atoms with E-state index in [0.29, 0.717) is 12.6 Å². The topological polar surface area (TPSA) is 69.7 Å². The molecule has 0 fully saturated rings. The molecular weight excluding hydrogens is 351 g/mol. The molecule has 0 spiro atoms. The normalized spacial score (nSPS) is 14.7. The number of Topliss-reactive ketones (excluding diaryl/α,β-unsaturated/α-hetero) is 1. The number of unbranched alkanes of at least 4 members (excludes halogenated alkanes) is 1. The standard InChI is InChI=1S/C20H31O5P/c1-5-19(22)24-20(16(2)3)25-26(23,15-17(4)21)14-10-9-13-18-11-7-6-8-12-18/h6-8,11-12,16,20H,5,9-10,13-15H2,1-4H3. The highest BCUT2D eigenvalue weighted by molar-refractivity contribution is 7.59. The molecule has 0 bridgehead atoms. The summed E-state index contributed by atoms with van der Waals surface area (Å²) in [6, 6.07) is 10.1. The Balaban J connectivity index is 2.67. The SMILES string of the molecule is CCC(=O)OC(OP(=O)(CCCCc1ccccc1)CC(C)=O)C(C)C. The van der Waals surface area contributed by atoms with Crippen molar-refractivity contribution in [2.45, 2.75) is 59.7 Å². The predicted octanol–water partition coefficient (Wildman–Crippen LogP) is 4.83. The molecule has 0 aromatic heterocycles.